The van der Waals surface area contributed by atoms with Crippen molar-refractivity contribution >= 4 is 11.6 Å². The number of anilines is 2. The zero-order valence-corrected chi connectivity index (χ0v) is 9.95. The maximum absolute atomic E-state index is 13.5. The molecule has 0 spiro atoms. The van der Waals surface area contributed by atoms with Crippen molar-refractivity contribution in [2.45, 2.75) is 25.8 Å². The summed E-state index contributed by atoms with van der Waals surface area (Å²) < 4.78 is 28.6. The number of halogens is 2. The Labute approximate surface area is 103 Å². The number of hydrogen-bond acceptors (Lipinski definition) is 2. The molecular formula is C13H13F2N3. The largest absolute Gasteiger partial charge is 0.323 e. The van der Waals surface area contributed by atoms with Gasteiger partial charge in [-0.1, -0.05) is 0 Å². The van der Waals surface area contributed by atoms with Crippen LogP contribution < -0.4 is 5.32 Å². The molecule has 94 valence electrons. The van der Waals surface area contributed by atoms with Gasteiger partial charge >= 0.3 is 0 Å². The van der Waals surface area contributed by atoms with E-state index >= 15 is 0 Å². The normalized spacial score (nSPS) is 14.8. The van der Waals surface area contributed by atoms with Crippen LogP contribution in [0.1, 0.15) is 24.6 Å². The molecule has 0 bridgehead atoms. The van der Waals surface area contributed by atoms with Gasteiger partial charge in [0.05, 0.1) is 11.4 Å². The highest BCUT2D eigenvalue weighted by Crippen LogP contribution is 2.38. The highest BCUT2D eigenvalue weighted by molar-refractivity contribution is 5.55. The van der Waals surface area contributed by atoms with E-state index in [1.54, 1.807) is 0 Å². The lowest BCUT2D eigenvalue weighted by Gasteiger charge is -2.09. The van der Waals surface area contributed by atoms with E-state index in [9.17, 15) is 8.78 Å². The fourth-order valence-corrected chi connectivity index (χ4v) is 1.95. The molecule has 1 saturated carbocycles. The van der Waals surface area contributed by atoms with Crippen LogP contribution in [-0.2, 0) is 0 Å². The van der Waals surface area contributed by atoms with Crippen molar-refractivity contribution in [1.82, 2.24) is 9.55 Å². The van der Waals surface area contributed by atoms with Crippen LogP contribution in [0.3, 0.4) is 0 Å². The first-order chi connectivity index (χ1) is 8.63. The van der Waals surface area contributed by atoms with E-state index in [2.05, 4.69) is 10.3 Å². The van der Waals surface area contributed by atoms with E-state index in [1.165, 1.54) is 0 Å². The van der Waals surface area contributed by atoms with Crippen LogP contribution >= 0.6 is 0 Å². The first kappa shape index (κ1) is 11.2. The van der Waals surface area contributed by atoms with Crippen LogP contribution in [0.15, 0.2) is 24.4 Å². The molecule has 0 saturated heterocycles. The van der Waals surface area contributed by atoms with Gasteiger partial charge in [0.1, 0.15) is 11.6 Å². The van der Waals surface area contributed by atoms with E-state index in [0.717, 1.165) is 36.7 Å². The summed E-state index contributed by atoms with van der Waals surface area (Å²) in [5.74, 6) is -0.390. The number of imidazole rings is 1. The van der Waals surface area contributed by atoms with Crippen molar-refractivity contribution < 1.29 is 8.78 Å². The molecule has 0 aliphatic heterocycles. The molecule has 3 rings (SSSR count). The molecule has 1 fully saturated rings. The third-order valence-electron chi connectivity index (χ3n) is 2.97. The Morgan fingerprint density at radius 2 is 2.11 bits per heavy atom. The lowest BCUT2D eigenvalue weighted by molar-refractivity contribution is 0.603. The SMILES string of the molecule is Cc1cn(C2CC2)c(Nc2cc(F)ccc2F)n1. The third kappa shape index (κ3) is 2.08. The van der Waals surface area contributed by atoms with Crippen molar-refractivity contribution in [3.8, 4) is 0 Å². The lowest BCUT2D eigenvalue weighted by Crippen LogP contribution is -2.03. The summed E-state index contributed by atoms with van der Waals surface area (Å²) in [5.41, 5.74) is 0.976. The molecule has 1 N–H and O–H groups in total. The van der Waals surface area contributed by atoms with E-state index in [4.69, 9.17) is 0 Å². The summed E-state index contributed by atoms with van der Waals surface area (Å²) in [6, 6.07) is 3.77. The second kappa shape index (κ2) is 4.08. The van der Waals surface area contributed by atoms with E-state index < -0.39 is 11.6 Å². The topological polar surface area (TPSA) is 29.9 Å². The zero-order chi connectivity index (χ0) is 12.7. The third-order valence-corrected chi connectivity index (χ3v) is 2.97. The van der Waals surface area contributed by atoms with Crippen LogP contribution in [0.2, 0.25) is 0 Å². The first-order valence-corrected chi connectivity index (χ1v) is 5.91. The van der Waals surface area contributed by atoms with Crippen LogP contribution in [0.5, 0.6) is 0 Å². The summed E-state index contributed by atoms with van der Waals surface area (Å²) >= 11 is 0. The van der Waals surface area contributed by atoms with Gasteiger partial charge in [-0.3, -0.25) is 0 Å². The van der Waals surface area contributed by atoms with Gasteiger partial charge in [0.25, 0.3) is 0 Å². The van der Waals surface area contributed by atoms with Crippen LogP contribution in [-0.4, -0.2) is 9.55 Å². The van der Waals surface area contributed by atoms with E-state index in [-0.39, 0.29) is 5.69 Å². The van der Waals surface area contributed by atoms with E-state index in [0.29, 0.717) is 12.0 Å². The Morgan fingerprint density at radius 3 is 2.83 bits per heavy atom. The van der Waals surface area contributed by atoms with Crippen molar-refractivity contribution in [1.29, 1.82) is 0 Å². The Kier molecular flexibility index (Phi) is 2.54. The molecule has 18 heavy (non-hydrogen) atoms. The summed E-state index contributed by atoms with van der Waals surface area (Å²) in [6.07, 6.45) is 4.14. The zero-order valence-electron chi connectivity index (χ0n) is 9.95. The molecule has 1 aliphatic rings. The monoisotopic (exact) mass is 249 g/mol. The number of hydrogen-bond donors (Lipinski definition) is 1. The van der Waals surface area contributed by atoms with Gasteiger partial charge in [0.15, 0.2) is 0 Å². The Morgan fingerprint density at radius 1 is 1.33 bits per heavy atom. The quantitative estimate of drug-likeness (QED) is 0.901. The Hall–Kier alpha value is -1.91. The molecule has 0 radical (unpaired) electrons. The highest BCUT2D eigenvalue weighted by atomic mass is 19.1. The van der Waals surface area contributed by atoms with Crippen molar-refractivity contribution in [2.24, 2.45) is 0 Å². The van der Waals surface area contributed by atoms with Crippen molar-refractivity contribution in [3.63, 3.8) is 0 Å². The molecule has 0 atom stereocenters. The van der Waals surface area contributed by atoms with E-state index in [1.807, 2.05) is 17.7 Å². The van der Waals surface area contributed by atoms with Crippen LogP contribution in [0, 0.1) is 18.6 Å². The summed E-state index contributed by atoms with van der Waals surface area (Å²) in [4.78, 5) is 4.30. The summed E-state index contributed by atoms with van der Waals surface area (Å²) in [5, 5.41) is 2.86. The minimum atomic E-state index is -0.487. The molecule has 3 nitrogen and oxygen atoms in total. The van der Waals surface area contributed by atoms with Crippen molar-refractivity contribution in [2.75, 3.05) is 5.32 Å². The van der Waals surface area contributed by atoms with Gasteiger partial charge in [0, 0.05) is 18.3 Å². The average Bonchev–Trinajstić information content (AvgIpc) is 3.09. The smallest absolute Gasteiger partial charge is 0.207 e. The average molecular weight is 249 g/mol. The fraction of sp³-hybridized carbons (Fsp3) is 0.308. The minimum absolute atomic E-state index is 0.113. The standard InChI is InChI=1S/C13H13F2N3/c1-8-7-18(10-3-4-10)13(16-8)17-12-6-9(14)2-5-11(12)15/h2,5-7,10H,3-4H2,1H3,(H,16,17). The Balaban J connectivity index is 1.94. The van der Waals surface area contributed by atoms with Gasteiger partial charge in [-0.05, 0) is 31.9 Å². The van der Waals surface area contributed by atoms with Crippen LogP contribution in [0.25, 0.3) is 0 Å². The molecule has 1 aliphatic carbocycles. The molecule has 5 heteroatoms. The highest BCUT2D eigenvalue weighted by Gasteiger charge is 2.26. The van der Waals surface area contributed by atoms with Crippen LogP contribution in [0.4, 0.5) is 20.4 Å². The second-order valence-corrected chi connectivity index (χ2v) is 4.59. The predicted octanol–water partition coefficient (Wildman–Crippen LogP) is 3.55. The fourth-order valence-electron chi connectivity index (χ4n) is 1.95. The number of benzene rings is 1. The molecule has 1 aromatic heterocycles. The van der Waals surface area contributed by atoms with Crippen molar-refractivity contribution in [3.05, 3.63) is 41.7 Å². The number of rotatable bonds is 3. The predicted molar refractivity (Wildman–Crippen MR) is 64.9 cm³/mol. The molecule has 1 aromatic carbocycles. The number of aromatic nitrogens is 2. The van der Waals surface area contributed by atoms with Gasteiger partial charge in [-0.2, -0.15) is 0 Å². The first-order valence-electron chi connectivity index (χ1n) is 5.91. The van der Waals surface area contributed by atoms with Gasteiger partial charge in [0.2, 0.25) is 5.95 Å². The van der Waals surface area contributed by atoms with Gasteiger partial charge in [-0.25, -0.2) is 13.8 Å². The van der Waals surface area contributed by atoms with Gasteiger partial charge in [-0.15, -0.1) is 0 Å². The Bertz CT molecular complexity index is 588. The summed E-state index contributed by atoms with van der Waals surface area (Å²) in [6.45, 7) is 1.88. The maximum atomic E-state index is 13.5. The number of nitrogens with zero attached hydrogens (tertiary/aromatic N) is 2. The molecule has 0 amide bonds. The molecule has 2 aromatic rings. The number of aryl methyl sites for hydroxylation is 1. The molecular weight excluding hydrogens is 236 g/mol. The second-order valence-electron chi connectivity index (χ2n) is 4.59. The lowest BCUT2D eigenvalue weighted by atomic mass is 10.3. The summed E-state index contributed by atoms with van der Waals surface area (Å²) in [7, 11) is 0. The maximum Gasteiger partial charge on any atom is 0.207 e. The molecule has 0 unspecified atom stereocenters. The minimum Gasteiger partial charge on any atom is -0.323 e. The van der Waals surface area contributed by atoms with Gasteiger partial charge < -0.3 is 9.88 Å². The number of nitrogens with one attached hydrogen (secondary N) is 1. The molecule has 1 heterocycles.